The molecule has 1 aromatic carbocycles. The predicted molar refractivity (Wildman–Crippen MR) is 83.1 cm³/mol. The maximum atomic E-state index is 10.6. The molecule has 0 radical (unpaired) electrons. The third-order valence-corrected chi connectivity index (χ3v) is 3.52. The van der Waals surface area contributed by atoms with E-state index < -0.39 is 0 Å². The fraction of sp³-hybridized carbons (Fsp3) is 0.429. The zero-order chi connectivity index (χ0) is 14.4. The first kappa shape index (κ1) is 14.8. The van der Waals surface area contributed by atoms with Gasteiger partial charge in [0.2, 0.25) is 6.41 Å². The van der Waals surface area contributed by atoms with Gasteiger partial charge in [-0.1, -0.05) is 24.6 Å². The second-order valence-corrected chi connectivity index (χ2v) is 4.93. The normalized spacial score (nSPS) is 16.1. The first-order valence-electron chi connectivity index (χ1n) is 6.78. The van der Waals surface area contributed by atoms with Crippen LogP contribution in [0.15, 0.2) is 23.2 Å². The molecule has 1 aliphatic rings. The van der Waals surface area contributed by atoms with E-state index in [0.717, 1.165) is 37.6 Å². The van der Waals surface area contributed by atoms with Crippen molar-refractivity contribution in [1.82, 2.24) is 10.6 Å². The van der Waals surface area contributed by atoms with Crippen LogP contribution in [0.2, 0.25) is 5.02 Å². The highest BCUT2D eigenvalue weighted by atomic mass is 35.5. The van der Waals surface area contributed by atoms with E-state index in [4.69, 9.17) is 11.6 Å². The van der Waals surface area contributed by atoms with Gasteiger partial charge in [-0.05, 0) is 12.1 Å². The average molecular weight is 295 g/mol. The number of nitrogens with one attached hydrogen (secondary N) is 2. The van der Waals surface area contributed by atoms with Gasteiger partial charge in [0, 0.05) is 32.6 Å². The Morgan fingerprint density at radius 2 is 2.25 bits per heavy atom. The van der Waals surface area contributed by atoms with E-state index in [-0.39, 0.29) is 0 Å². The molecule has 1 heterocycles. The highest BCUT2D eigenvalue weighted by Crippen LogP contribution is 2.36. The second kappa shape index (κ2) is 7.26. The van der Waals surface area contributed by atoms with Crippen molar-refractivity contribution in [3.63, 3.8) is 0 Å². The second-order valence-electron chi connectivity index (χ2n) is 4.52. The molecule has 2 rings (SSSR count). The zero-order valence-electron chi connectivity index (χ0n) is 11.5. The molecule has 1 saturated heterocycles. The zero-order valence-corrected chi connectivity index (χ0v) is 12.3. The van der Waals surface area contributed by atoms with Crippen LogP contribution in [-0.4, -0.2) is 38.4 Å². The van der Waals surface area contributed by atoms with Crippen LogP contribution < -0.4 is 15.5 Å². The van der Waals surface area contributed by atoms with Gasteiger partial charge in [0.1, 0.15) is 5.84 Å². The molecule has 1 amide bonds. The van der Waals surface area contributed by atoms with Gasteiger partial charge >= 0.3 is 0 Å². The molecular weight excluding hydrogens is 276 g/mol. The number of carbonyl (C=O) groups excluding carboxylic acids is 1. The van der Waals surface area contributed by atoms with Gasteiger partial charge in [0.15, 0.2) is 0 Å². The summed E-state index contributed by atoms with van der Waals surface area (Å²) in [6.45, 7) is 5.61. The van der Waals surface area contributed by atoms with Crippen LogP contribution >= 0.6 is 11.6 Å². The summed E-state index contributed by atoms with van der Waals surface area (Å²) in [6, 6.07) is 5.67. The van der Waals surface area contributed by atoms with Gasteiger partial charge in [0.25, 0.3) is 0 Å². The summed E-state index contributed by atoms with van der Waals surface area (Å²) in [5.74, 6) is 0.638. The molecule has 1 aromatic rings. The average Bonchev–Trinajstić information content (AvgIpc) is 2.48. The summed E-state index contributed by atoms with van der Waals surface area (Å²) in [7, 11) is 0. The number of nitrogens with zero attached hydrogens (tertiary/aromatic N) is 2. The number of aliphatic imine (C=N–C) groups is 1. The summed E-state index contributed by atoms with van der Waals surface area (Å²) in [6.07, 6.45) is 1.31. The lowest BCUT2D eigenvalue weighted by Crippen LogP contribution is -2.43. The van der Waals surface area contributed by atoms with E-state index in [9.17, 15) is 4.79 Å². The molecular formula is C14H19ClN4O. The Morgan fingerprint density at radius 3 is 2.90 bits per heavy atom. The maximum absolute atomic E-state index is 10.6. The minimum absolute atomic E-state index is 0.638. The van der Waals surface area contributed by atoms with E-state index in [1.165, 1.54) is 0 Å². The summed E-state index contributed by atoms with van der Waals surface area (Å²) >= 11 is 6.35. The van der Waals surface area contributed by atoms with Gasteiger partial charge < -0.3 is 15.5 Å². The quantitative estimate of drug-likeness (QED) is 0.507. The number of rotatable bonds is 4. The molecule has 0 saturated carbocycles. The fourth-order valence-corrected chi connectivity index (χ4v) is 2.51. The van der Waals surface area contributed by atoms with Crippen molar-refractivity contribution in [2.75, 3.05) is 31.1 Å². The Labute approximate surface area is 124 Å². The number of amidine groups is 1. The largest absolute Gasteiger partial charge is 0.366 e. The number of benzene rings is 1. The van der Waals surface area contributed by atoms with Crippen LogP contribution in [0.5, 0.6) is 0 Å². The standard InChI is InChI=1S/C14H19ClN4O/c1-2-13(17-10-20)18-12-5-3-4-11(15)14(12)19-8-6-16-7-9-19/h3-5,10,16H,2,6-9H2,1H3,(H,17,18,20). The minimum atomic E-state index is 0.638. The summed E-state index contributed by atoms with van der Waals surface area (Å²) < 4.78 is 0. The Balaban J connectivity index is 2.36. The van der Waals surface area contributed by atoms with Gasteiger partial charge in [-0.3, -0.25) is 4.79 Å². The molecule has 0 unspecified atom stereocenters. The topological polar surface area (TPSA) is 56.7 Å². The lowest BCUT2D eigenvalue weighted by Gasteiger charge is -2.31. The molecule has 0 spiro atoms. The smallest absolute Gasteiger partial charge is 0.212 e. The number of piperazine rings is 1. The van der Waals surface area contributed by atoms with E-state index in [1.807, 2.05) is 25.1 Å². The Bertz CT molecular complexity index is 498. The van der Waals surface area contributed by atoms with E-state index in [0.29, 0.717) is 23.7 Å². The number of carbonyl (C=O) groups is 1. The van der Waals surface area contributed by atoms with Crippen LogP contribution in [0, 0.1) is 0 Å². The van der Waals surface area contributed by atoms with Crippen LogP contribution in [0.1, 0.15) is 13.3 Å². The predicted octanol–water partition coefficient (Wildman–Crippen LogP) is 1.94. The first-order valence-corrected chi connectivity index (χ1v) is 7.16. The Hall–Kier alpha value is -1.59. The van der Waals surface area contributed by atoms with E-state index in [1.54, 1.807) is 0 Å². The summed E-state index contributed by atoms with van der Waals surface area (Å²) in [4.78, 5) is 17.3. The monoisotopic (exact) mass is 294 g/mol. The summed E-state index contributed by atoms with van der Waals surface area (Å²) in [5, 5.41) is 6.63. The third kappa shape index (κ3) is 3.49. The van der Waals surface area contributed by atoms with E-state index >= 15 is 0 Å². The molecule has 0 atom stereocenters. The van der Waals surface area contributed by atoms with E-state index in [2.05, 4.69) is 20.5 Å². The number of halogens is 1. The number of anilines is 1. The van der Waals surface area contributed by atoms with Gasteiger partial charge in [0.05, 0.1) is 16.4 Å². The first-order chi connectivity index (χ1) is 9.76. The van der Waals surface area contributed by atoms with Crippen LogP contribution in [0.4, 0.5) is 11.4 Å². The van der Waals surface area contributed by atoms with Crippen molar-refractivity contribution >= 4 is 35.2 Å². The highest BCUT2D eigenvalue weighted by Gasteiger charge is 2.17. The maximum Gasteiger partial charge on any atom is 0.212 e. The molecule has 0 aromatic heterocycles. The molecule has 0 aliphatic carbocycles. The number of amides is 1. The van der Waals surface area contributed by atoms with Crippen LogP contribution in [-0.2, 0) is 4.79 Å². The molecule has 6 heteroatoms. The Morgan fingerprint density at radius 1 is 1.50 bits per heavy atom. The third-order valence-electron chi connectivity index (χ3n) is 3.21. The summed E-state index contributed by atoms with van der Waals surface area (Å²) in [5.41, 5.74) is 1.74. The van der Waals surface area contributed by atoms with Crippen LogP contribution in [0.3, 0.4) is 0 Å². The Kier molecular flexibility index (Phi) is 5.38. The van der Waals surface area contributed by atoms with Crippen molar-refractivity contribution in [2.24, 2.45) is 4.99 Å². The van der Waals surface area contributed by atoms with Gasteiger partial charge in [-0.2, -0.15) is 0 Å². The van der Waals surface area contributed by atoms with Crippen molar-refractivity contribution < 1.29 is 4.79 Å². The molecule has 1 aliphatic heterocycles. The molecule has 2 N–H and O–H groups in total. The van der Waals surface area contributed by atoms with Crippen LogP contribution in [0.25, 0.3) is 0 Å². The number of hydrogen-bond acceptors (Lipinski definition) is 4. The molecule has 20 heavy (non-hydrogen) atoms. The number of hydrogen-bond donors (Lipinski definition) is 2. The van der Waals surface area contributed by atoms with Crippen molar-refractivity contribution in [1.29, 1.82) is 0 Å². The minimum Gasteiger partial charge on any atom is -0.366 e. The molecule has 1 fully saturated rings. The lowest BCUT2D eigenvalue weighted by molar-refractivity contribution is -0.108. The van der Waals surface area contributed by atoms with Crippen molar-refractivity contribution in [3.05, 3.63) is 23.2 Å². The lowest BCUT2D eigenvalue weighted by atomic mass is 10.2. The number of para-hydroxylation sites is 1. The van der Waals surface area contributed by atoms with Crippen molar-refractivity contribution in [2.45, 2.75) is 13.3 Å². The SMILES string of the molecule is CCC(=Nc1cccc(Cl)c1N1CCNCC1)NC=O. The molecule has 5 nitrogen and oxygen atoms in total. The molecule has 0 bridgehead atoms. The van der Waals surface area contributed by atoms with Crippen molar-refractivity contribution in [3.8, 4) is 0 Å². The van der Waals surface area contributed by atoms with Gasteiger partial charge in [-0.15, -0.1) is 0 Å². The highest BCUT2D eigenvalue weighted by molar-refractivity contribution is 6.34. The fourth-order valence-electron chi connectivity index (χ4n) is 2.22. The molecule has 108 valence electrons. The van der Waals surface area contributed by atoms with Gasteiger partial charge in [-0.25, -0.2) is 4.99 Å².